The van der Waals surface area contributed by atoms with Crippen LogP contribution in [0.3, 0.4) is 0 Å². The minimum Gasteiger partial charge on any atom is -0.496 e. The molecule has 0 saturated heterocycles. The molecule has 334 valence electrons. The zero-order valence-corrected chi connectivity index (χ0v) is 41.0. The molecule has 0 spiro atoms. The van der Waals surface area contributed by atoms with E-state index in [0.29, 0.717) is 35.5 Å². The lowest BCUT2D eigenvalue weighted by molar-refractivity contribution is 0.0465. The zero-order valence-electron chi connectivity index (χ0n) is 39.2. The van der Waals surface area contributed by atoms with Gasteiger partial charge in [0.05, 0.1) is 14.2 Å². The Hall–Kier alpha value is -4.62. The number of methoxy groups -OCH3 is 2. The number of benzene rings is 6. The van der Waals surface area contributed by atoms with Crippen LogP contribution in [0.5, 0.6) is 23.0 Å². The number of hydrogen-bond acceptors (Lipinski definition) is 4. The molecule has 64 heavy (non-hydrogen) atoms. The Labute approximate surface area is 386 Å². The summed E-state index contributed by atoms with van der Waals surface area (Å²) in [6.45, 7) is 14.3. The molecule has 2 fully saturated rings. The molecule has 0 amide bonds. The molecule has 6 aromatic carbocycles. The van der Waals surface area contributed by atoms with Crippen LogP contribution in [-0.4, -0.2) is 26.4 Å². The molecule has 0 bridgehead atoms. The molecule has 2 saturated carbocycles. The molecule has 0 radical (unpaired) electrons. The lowest BCUT2D eigenvalue weighted by Gasteiger charge is -2.39. The summed E-state index contributed by atoms with van der Waals surface area (Å²) in [4.78, 5) is 0. The summed E-state index contributed by atoms with van der Waals surface area (Å²) in [7, 11) is 1.23. The largest absolute Gasteiger partial charge is 0.496 e. The fourth-order valence-corrected chi connectivity index (χ4v) is 15.6. The van der Waals surface area contributed by atoms with E-state index in [1.165, 1.54) is 46.9 Å². The van der Waals surface area contributed by atoms with Crippen molar-refractivity contribution in [2.45, 2.75) is 92.3 Å². The highest BCUT2D eigenvalue weighted by Gasteiger charge is 2.39. The van der Waals surface area contributed by atoms with Crippen LogP contribution < -0.4 is 50.8 Å². The Bertz CT molecular complexity index is 2160. The van der Waals surface area contributed by atoms with Gasteiger partial charge in [-0.15, -0.1) is 0 Å². The first-order chi connectivity index (χ1) is 31.2. The fraction of sp³-hybridized carbons (Fsp3) is 0.379. The Morgan fingerprint density at radius 1 is 0.406 bits per heavy atom. The van der Waals surface area contributed by atoms with E-state index in [4.69, 9.17) is 18.9 Å². The van der Waals surface area contributed by atoms with Gasteiger partial charge in [-0.25, -0.2) is 0 Å². The van der Waals surface area contributed by atoms with Gasteiger partial charge in [0.15, 0.2) is 0 Å². The first-order valence-corrected chi connectivity index (χ1v) is 26.4. The summed E-state index contributed by atoms with van der Waals surface area (Å²) in [5.74, 6) is 6.50. The lowest BCUT2D eigenvalue weighted by atomic mass is 9.75. The van der Waals surface area contributed by atoms with Gasteiger partial charge in [-0.2, -0.15) is 0 Å². The van der Waals surface area contributed by atoms with Crippen LogP contribution in [0.15, 0.2) is 146 Å². The molecule has 4 nitrogen and oxygen atoms in total. The van der Waals surface area contributed by atoms with E-state index in [1.54, 1.807) is 0 Å². The predicted molar refractivity (Wildman–Crippen MR) is 274 cm³/mol. The van der Waals surface area contributed by atoms with Gasteiger partial charge in [-0.05, 0) is 123 Å². The second-order valence-electron chi connectivity index (χ2n) is 19.0. The Kier molecular flexibility index (Phi) is 15.2. The molecule has 6 heteroatoms. The van der Waals surface area contributed by atoms with Crippen molar-refractivity contribution in [1.82, 2.24) is 0 Å². The van der Waals surface area contributed by atoms with Crippen molar-refractivity contribution < 1.29 is 18.9 Å². The smallest absolute Gasteiger partial charge is 0.128 e. The highest BCUT2D eigenvalue weighted by atomic mass is 31.1. The molecule has 6 atom stereocenters. The van der Waals surface area contributed by atoms with Gasteiger partial charge in [0.1, 0.15) is 35.2 Å². The van der Waals surface area contributed by atoms with Crippen LogP contribution in [-0.2, 0) is 0 Å². The van der Waals surface area contributed by atoms with Crippen molar-refractivity contribution in [2.75, 3.05) is 14.2 Å². The molecule has 0 aliphatic heterocycles. The highest BCUT2D eigenvalue weighted by Crippen LogP contribution is 2.52. The minimum absolute atomic E-state index is 0.0789. The summed E-state index contributed by atoms with van der Waals surface area (Å²) in [6.07, 6.45) is 7.02. The van der Waals surface area contributed by atoms with E-state index in [-0.39, 0.29) is 12.2 Å². The second kappa shape index (κ2) is 21.1. The number of ether oxygens (including phenoxy) is 4. The van der Waals surface area contributed by atoms with Crippen LogP contribution >= 0.6 is 15.8 Å². The quantitative estimate of drug-likeness (QED) is 0.0963. The Morgan fingerprint density at radius 2 is 0.703 bits per heavy atom. The molecule has 2 aliphatic carbocycles. The van der Waals surface area contributed by atoms with Crippen molar-refractivity contribution in [1.29, 1.82) is 0 Å². The summed E-state index contributed by atoms with van der Waals surface area (Å²) in [5.41, 5.74) is 2.02. The molecule has 0 unspecified atom stereocenters. The second-order valence-corrected chi connectivity index (χ2v) is 23.3. The van der Waals surface area contributed by atoms with Gasteiger partial charge >= 0.3 is 0 Å². The first-order valence-electron chi connectivity index (χ1n) is 23.7. The van der Waals surface area contributed by atoms with Crippen molar-refractivity contribution in [3.8, 4) is 34.1 Å². The Balaban J connectivity index is 1.51. The van der Waals surface area contributed by atoms with Crippen LogP contribution in [0, 0.1) is 35.5 Å². The summed E-state index contributed by atoms with van der Waals surface area (Å²) >= 11 is 0. The van der Waals surface area contributed by atoms with Gasteiger partial charge in [0.2, 0.25) is 0 Å². The molecule has 0 heterocycles. The highest BCUT2D eigenvalue weighted by molar-refractivity contribution is 7.81. The van der Waals surface area contributed by atoms with Crippen LogP contribution in [0.2, 0.25) is 0 Å². The molecule has 8 rings (SSSR count). The normalized spacial score (nSPS) is 21.3. The first kappa shape index (κ1) is 45.9. The van der Waals surface area contributed by atoms with Crippen LogP contribution in [0.25, 0.3) is 11.1 Å². The average molecular weight is 891 g/mol. The third kappa shape index (κ3) is 9.95. The van der Waals surface area contributed by atoms with E-state index in [0.717, 1.165) is 57.6 Å². The molecule has 0 aromatic heterocycles. The van der Waals surface area contributed by atoms with Crippen molar-refractivity contribution in [3.05, 3.63) is 146 Å². The lowest BCUT2D eigenvalue weighted by Crippen LogP contribution is -2.38. The number of rotatable bonds is 15. The van der Waals surface area contributed by atoms with Gasteiger partial charge in [0.25, 0.3) is 0 Å². The Morgan fingerprint density at radius 3 is 0.984 bits per heavy atom. The molecule has 6 aromatic rings. The summed E-state index contributed by atoms with van der Waals surface area (Å²) in [6, 6.07) is 52.9. The summed E-state index contributed by atoms with van der Waals surface area (Å²) < 4.78 is 28.6. The average Bonchev–Trinajstić information content (AvgIpc) is 3.31. The third-order valence-electron chi connectivity index (χ3n) is 13.9. The zero-order chi connectivity index (χ0) is 44.7. The molecule has 2 aliphatic rings. The third-order valence-corrected chi connectivity index (χ3v) is 18.9. The SMILES string of the molecule is COc1ccc(O[C@@H]2C[C@H](C)CC[C@@H]2C(C)C)c(P(c2ccccc2)c2ccccc2)c1-c1c(OC)ccc(O[C@@H]2C[C@H](C)CC[C@H]2C(C)C)c1P(c1ccccc1)c1ccccc1. The predicted octanol–water partition coefficient (Wildman–Crippen LogP) is 12.6. The van der Waals surface area contributed by atoms with Crippen molar-refractivity contribution in [2.24, 2.45) is 35.5 Å². The van der Waals surface area contributed by atoms with Crippen molar-refractivity contribution in [3.63, 3.8) is 0 Å². The maximum absolute atomic E-state index is 7.66. The molecule has 0 N–H and O–H groups in total. The van der Waals surface area contributed by atoms with Gasteiger partial charge in [-0.1, -0.05) is 176 Å². The van der Waals surface area contributed by atoms with E-state index < -0.39 is 15.8 Å². The maximum Gasteiger partial charge on any atom is 0.128 e. The van der Waals surface area contributed by atoms with Gasteiger partial charge in [-0.3, -0.25) is 0 Å². The standard InChI is InChI=1S/C58H68O4P2/c1-39(2)47-31-29-41(5)37-53(47)61-51-35-33-49(59-7)55(57(51)63(43-21-13-9-14-22-43)44-23-15-10-16-24-44)56-50(60-8)34-36-52(62-54-38-42(6)30-32-48(54)40(3)4)58(56)64(45-25-17-11-18-26-45)46-27-19-12-20-28-46/h9-28,33-36,39-42,47-48,53-54H,29-32,37-38H2,1-8H3/t41-,42-,47-,48+,53-,54-/m1/s1. The topological polar surface area (TPSA) is 36.9 Å². The fourth-order valence-electron chi connectivity index (χ4n) is 10.5. The summed E-state index contributed by atoms with van der Waals surface area (Å²) in [5, 5.41) is 7.28. The van der Waals surface area contributed by atoms with Crippen LogP contribution in [0.4, 0.5) is 0 Å². The van der Waals surface area contributed by atoms with E-state index in [1.807, 2.05) is 14.2 Å². The molecular formula is C58H68O4P2. The van der Waals surface area contributed by atoms with E-state index in [9.17, 15) is 0 Å². The van der Waals surface area contributed by atoms with Gasteiger partial charge in [0, 0.05) is 21.7 Å². The van der Waals surface area contributed by atoms with Gasteiger partial charge < -0.3 is 18.9 Å². The van der Waals surface area contributed by atoms with Crippen LogP contribution in [0.1, 0.15) is 80.1 Å². The van der Waals surface area contributed by atoms with E-state index >= 15 is 0 Å². The monoisotopic (exact) mass is 890 g/mol. The minimum atomic E-state index is -1.20. The van der Waals surface area contributed by atoms with Crippen molar-refractivity contribution >= 4 is 47.7 Å². The maximum atomic E-state index is 7.66. The molecular weight excluding hydrogens is 823 g/mol. The van der Waals surface area contributed by atoms with E-state index in [2.05, 4.69) is 187 Å². The number of hydrogen-bond donors (Lipinski definition) is 0.